The van der Waals surface area contributed by atoms with E-state index in [1.54, 1.807) is 25.1 Å². The summed E-state index contributed by atoms with van der Waals surface area (Å²) in [6.07, 6.45) is 4.94. The number of thiazole rings is 1. The van der Waals surface area contributed by atoms with E-state index in [-0.39, 0.29) is 5.78 Å². The number of hydrogen-bond donors (Lipinski definition) is 0. The minimum atomic E-state index is 0.0195. The van der Waals surface area contributed by atoms with Crippen molar-refractivity contribution in [3.05, 3.63) is 23.0 Å². The van der Waals surface area contributed by atoms with Gasteiger partial charge in [0.15, 0.2) is 10.8 Å². The Morgan fingerprint density at radius 1 is 1.77 bits per heavy atom. The third-order valence-electron chi connectivity index (χ3n) is 1.53. The fourth-order valence-corrected chi connectivity index (χ4v) is 1.47. The summed E-state index contributed by atoms with van der Waals surface area (Å²) in [5.74, 6) is 0.0195. The van der Waals surface area contributed by atoms with Crippen LogP contribution in [0.4, 0.5) is 0 Å². The van der Waals surface area contributed by atoms with Gasteiger partial charge in [0, 0.05) is 31.7 Å². The standard InChI is InChI=1S/C9H12NO2S/c1-12-6-3-2-4-8(11)9-10-5-7-13-9/h4-5,7H,2-3,6H2,1H3. The molecule has 0 amide bonds. The lowest BCUT2D eigenvalue weighted by atomic mass is 10.2. The molecule has 4 heteroatoms. The van der Waals surface area contributed by atoms with Crippen molar-refractivity contribution in [2.45, 2.75) is 12.8 Å². The lowest BCUT2D eigenvalue weighted by Gasteiger charge is -1.96. The molecule has 0 saturated carbocycles. The van der Waals surface area contributed by atoms with Crippen molar-refractivity contribution in [3.63, 3.8) is 0 Å². The molecule has 0 spiro atoms. The summed E-state index contributed by atoms with van der Waals surface area (Å²) >= 11 is 1.37. The van der Waals surface area contributed by atoms with Crippen molar-refractivity contribution in [1.29, 1.82) is 0 Å². The molecule has 1 aromatic heterocycles. The van der Waals surface area contributed by atoms with Gasteiger partial charge in [0.1, 0.15) is 0 Å². The first-order valence-corrected chi connectivity index (χ1v) is 4.98. The highest BCUT2D eigenvalue weighted by Gasteiger charge is 2.07. The summed E-state index contributed by atoms with van der Waals surface area (Å²) in [4.78, 5) is 15.2. The van der Waals surface area contributed by atoms with Crippen LogP contribution < -0.4 is 0 Å². The fourth-order valence-electron chi connectivity index (χ4n) is 0.893. The van der Waals surface area contributed by atoms with E-state index in [1.165, 1.54) is 11.3 Å². The molecule has 0 aliphatic carbocycles. The minimum Gasteiger partial charge on any atom is -0.385 e. The zero-order chi connectivity index (χ0) is 9.52. The average molecular weight is 198 g/mol. The lowest BCUT2D eigenvalue weighted by Crippen LogP contribution is -2.00. The Morgan fingerprint density at radius 2 is 2.62 bits per heavy atom. The molecule has 0 N–H and O–H groups in total. The van der Waals surface area contributed by atoms with Crippen molar-refractivity contribution in [1.82, 2.24) is 4.98 Å². The molecular weight excluding hydrogens is 186 g/mol. The summed E-state index contributed by atoms with van der Waals surface area (Å²) in [5.41, 5.74) is 0. The first-order chi connectivity index (χ1) is 6.34. The van der Waals surface area contributed by atoms with Gasteiger partial charge in [0.2, 0.25) is 0 Å². The van der Waals surface area contributed by atoms with Crippen LogP contribution >= 0.6 is 11.3 Å². The number of carbonyl (C=O) groups is 1. The number of unbranched alkanes of at least 4 members (excludes halogenated alkanes) is 1. The van der Waals surface area contributed by atoms with Gasteiger partial charge in [0.05, 0.1) is 0 Å². The quantitative estimate of drug-likeness (QED) is 0.518. The van der Waals surface area contributed by atoms with E-state index in [2.05, 4.69) is 4.98 Å². The number of hydrogen-bond acceptors (Lipinski definition) is 4. The molecule has 0 bridgehead atoms. The van der Waals surface area contributed by atoms with Crippen LogP contribution in [0.5, 0.6) is 0 Å². The van der Waals surface area contributed by atoms with Crippen molar-refractivity contribution in [2.24, 2.45) is 0 Å². The maximum Gasteiger partial charge on any atom is 0.195 e. The predicted octanol–water partition coefficient (Wildman–Crippen LogP) is 1.96. The minimum absolute atomic E-state index is 0.0195. The summed E-state index contributed by atoms with van der Waals surface area (Å²) in [6, 6.07) is 0. The molecule has 0 unspecified atom stereocenters. The number of carbonyl (C=O) groups excluding carboxylic acids is 1. The van der Waals surface area contributed by atoms with E-state index in [0.717, 1.165) is 12.8 Å². The Bertz CT molecular complexity index is 246. The topological polar surface area (TPSA) is 39.2 Å². The Morgan fingerprint density at radius 3 is 3.23 bits per heavy atom. The van der Waals surface area contributed by atoms with Crippen molar-refractivity contribution >= 4 is 17.1 Å². The van der Waals surface area contributed by atoms with Crippen molar-refractivity contribution < 1.29 is 9.53 Å². The van der Waals surface area contributed by atoms with Gasteiger partial charge in [-0.15, -0.1) is 11.3 Å². The Balaban J connectivity index is 2.19. The first kappa shape index (κ1) is 10.3. The monoisotopic (exact) mass is 198 g/mol. The van der Waals surface area contributed by atoms with Crippen LogP contribution in [0.25, 0.3) is 0 Å². The summed E-state index contributed by atoms with van der Waals surface area (Å²) < 4.78 is 4.87. The van der Waals surface area contributed by atoms with Crippen molar-refractivity contribution in [2.75, 3.05) is 13.7 Å². The number of rotatable bonds is 6. The maximum atomic E-state index is 11.3. The van der Waals surface area contributed by atoms with E-state index in [1.807, 2.05) is 0 Å². The van der Waals surface area contributed by atoms with Crippen LogP contribution in [0, 0.1) is 6.42 Å². The lowest BCUT2D eigenvalue weighted by molar-refractivity contribution is 0.102. The third kappa shape index (κ3) is 3.65. The highest BCUT2D eigenvalue weighted by atomic mass is 32.1. The molecular formula is C9H12NO2S. The molecule has 13 heavy (non-hydrogen) atoms. The molecule has 0 aliphatic heterocycles. The number of methoxy groups -OCH3 is 1. The van der Waals surface area contributed by atoms with Gasteiger partial charge >= 0.3 is 0 Å². The first-order valence-electron chi connectivity index (χ1n) is 4.10. The van der Waals surface area contributed by atoms with E-state index in [4.69, 9.17) is 4.74 Å². The number of aromatic nitrogens is 1. The Labute approximate surface area is 81.8 Å². The van der Waals surface area contributed by atoms with E-state index in [9.17, 15) is 4.79 Å². The van der Waals surface area contributed by atoms with Crippen LogP contribution in [-0.2, 0) is 4.74 Å². The number of Topliss-reactive ketones (excluding diaryl/α,β-unsaturated/α-hetero) is 1. The molecule has 1 aromatic rings. The number of ketones is 1. The summed E-state index contributed by atoms with van der Waals surface area (Å²) in [5, 5.41) is 2.37. The number of ether oxygens (including phenoxy) is 1. The SMILES string of the molecule is COCCC[CH]C(=O)c1nccs1. The second-order valence-electron chi connectivity index (χ2n) is 2.54. The molecule has 0 aromatic carbocycles. The van der Waals surface area contributed by atoms with Gasteiger partial charge in [-0.05, 0) is 12.8 Å². The van der Waals surface area contributed by atoms with E-state index >= 15 is 0 Å². The van der Waals surface area contributed by atoms with Gasteiger partial charge in [-0.1, -0.05) is 0 Å². The Kier molecular flexibility index (Phi) is 4.64. The highest BCUT2D eigenvalue weighted by molar-refractivity contribution is 7.11. The van der Waals surface area contributed by atoms with E-state index in [0.29, 0.717) is 11.6 Å². The fraction of sp³-hybridized carbons (Fsp3) is 0.444. The Hall–Kier alpha value is -0.740. The molecule has 0 atom stereocenters. The maximum absolute atomic E-state index is 11.3. The predicted molar refractivity (Wildman–Crippen MR) is 51.9 cm³/mol. The van der Waals surface area contributed by atoms with Gasteiger partial charge in [0.25, 0.3) is 0 Å². The normalized spacial score (nSPS) is 10.2. The van der Waals surface area contributed by atoms with Gasteiger partial charge < -0.3 is 4.74 Å². The summed E-state index contributed by atoms with van der Waals surface area (Å²) in [6.45, 7) is 0.696. The number of nitrogens with zero attached hydrogens (tertiary/aromatic N) is 1. The van der Waals surface area contributed by atoms with Crippen LogP contribution in [0.2, 0.25) is 0 Å². The largest absolute Gasteiger partial charge is 0.385 e. The van der Waals surface area contributed by atoms with Gasteiger partial charge in [-0.3, -0.25) is 4.79 Å². The van der Waals surface area contributed by atoms with E-state index < -0.39 is 0 Å². The molecule has 0 fully saturated rings. The molecule has 3 nitrogen and oxygen atoms in total. The van der Waals surface area contributed by atoms with Gasteiger partial charge in [-0.2, -0.15) is 0 Å². The molecule has 0 aliphatic rings. The molecule has 0 saturated heterocycles. The van der Waals surface area contributed by atoms with Gasteiger partial charge in [-0.25, -0.2) is 4.98 Å². The third-order valence-corrected chi connectivity index (χ3v) is 2.31. The van der Waals surface area contributed by atoms with Crippen LogP contribution in [0.15, 0.2) is 11.6 Å². The van der Waals surface area contributed by atoms with Crippen molar-refractivity contribution in [3.8, 4) is 0 Å². The zero-order valence-electron chi connectivity index (χ0n) is 7.53. The highest BCUT2D eigenvalue weighted by Crippen LogP contribution is 2.08. The molecule has 1 rings (SSSR count). The smallest absolute Gasteiger partial charge is 0.195 e. The summed E-state index contributed by atoms with van der Waals surface area (Å²) in [7, 11) is 1.66. The molecule has 1 heterocycles. The van der Waals surface area contributed by atoms with Crippen LogP contribution in [-0.4, -0.2) is 24.5 Å². The van der Waals surface area contributed by atoms with Crippen LogP contribution in [0.3, 0.4) is 0 Å². The second kappa shape index (κ2) is 5.83. The second-order valence-corrected chi connectivity index (χ2v) is 3.44. The zero-order valence-corrected chi connectivity index (χ0v) is 8.34. The molecule has 71 valence electrons. The van der Waals surface area contributed by atoms with Crippen LogP contribution in [0.1, 0.15) is 22.6 Å². The average Bonchev–Trinajstić information content (AvgIpc) is 2.65. The molecule has 1 radical (unpaired) electrons.